The number of fused-ring (bicyclic) bond motifs is 1. The molecule has 0 amide bonds. The Morgan fingerprint density at radius 1 is 1.35 bits per heavy atom. The Morgan fingerprint density at radius 2 is 2.05 bits per heavy atom. The van der Waals surface area contributed by atoms with Gasteiger partial charge in [-0.05, 0) is 25.2 Å². The smallest absolute Gasteiger partial charge is 0.259 e. The third kappa shape index (κ3) is 2.65. The number of hydrogen-bond acceptors (Lipinski definition) is 4. The summed E-state index contributed by atoms with van der Waals surface area (Å²) < 4.78 is 1.69. The van der Waals surface area contributed by atoms with Crippen molar-refractivity contribution < 1.29 is 0 Å². The number of rotatable bonds is 2. The van der Waals surface area contributed by atoms with Crippen LogP contribution in [0.4, 0.5) is 0 Å². The largest absolute Gasteiger partial charge is 0.297 e. The van der Waals surface area contributed by atoms with Crippen LogP contribution in [0.3, 0.4) is 0 Å². The van der Waals surface area contributed by atoms with Crippen molar-refractivity contribution in [2.75, 3.05) is 13.1 Å². The van der Waals surface area contributed by atoms with Gasteiger partial charge in [-0.3, -0.25) is 14.1 Å². The second-order valence-electron chi connectivity index (χ2n) is 6.22. The zero-order chi connectivity index (χ0) is 14.3. The van der Waals surface area contributed by atoms with E-state index in [1.807, 2.05) is 12.3 Å². The van der Waals surface area contributed by atoms with Crippen molar-refractivity contribution in [2.24, 2.45) is 11.8 Å². The number of aromatic nitrogens is 2. The first-order chi connectivity index (χ1) is 9.52. The van der Waals surface area contributed by atoms with E-state index in [1.54, 1.807) is 10.5 Å². The molecular formula is C15H21N3OS. The fraction of sp³-hybridized carbons (Fsp3) is 0.600. The Bertz CT molecular complexity index is 665. The molecule has 20 heavy (non-hydrogen) atoms. The fourth-order valence-electron chi connectivity index (χ4n) is 3.33. The van der Waals surface area contributed by atoms with Crippen molar-refractivity contribution in [2.45, 2.75) is 33.7 Å². The van der Waals surface area contributed by atoms with E-state index in [0.717, 1.165) is 47.8 Å². The van der Waals surface area contributed by atoms with Gasteiger partial charge in [0, 0.05) is 36.8 Å². The lowest BCUT2D eigenvalue weighted by molar-refractivity contribution is 0.133. The molecule has 0 bridgehead atoms. The molecule has 108 valence electrons. The SMILES string of the molecule is Cc1csc2nc(CN3C[C@H](C)C[C@H](C)C3)cc(=O)n12. The molecule has 2 atom stereocenters. The lowest BCUT2D eigenvalue weighted by Crippen LogP contribution is -2.38. The van der Waals surface area contributed by atoms with Crippen molar-refractivity contribution in [3.8, 4) is 0 Å². The van der Waals surface area contributed by atoms with Gasteiger partial charge in [-0.1, -0.05) is 13.8 Å². The molecule has 2 aromatic heterocycles. The first kappa shape index (κ1) is 13.8. The third-order valence-corrected chi connectivity index (χ3v) is 4.90. The Morgan fingerprint density at radius 3 is 2.75 bits per heavy atom. The predicted molar refractivity (Wildman–Crippen MR) is 82.3 cm³/mol. The monoisotopic (exact) mass is 291 g/mol. The molecular weight excluding hydrogens is 270 g/mol. The Labute approximate surface area is 123 Å². The van der Waals surface area contributed by atoms with Gasteiger partial charge in [0.05, 0.1) is 5.69 Å². The molecule has 0 unspecified atom stereocenters. The van der Waals surface area contributed by atoms with Gasteiger partial charge in [-0.15, -0.1) is 11.3 Å². The van der Waals surface area contributed by atoms with Gasteiger partial charge in [0.2, 0.25) is 0 Å². The highest BCUT2D eigenvalue weighted by Gasteiger charge is 2.22. The summed E-state index contributed by atoms with van der Waals surface area (Å²) in [4.78, 5) is 20.0. The van der Waals surface area contributed by atoms with Crippen LogP contribution in [0, 0.1) is 18.8 Å². The van der Waals surface area contributed by atoms with E-state index in [9.17, 15) is 4.79 Å². The lowest BCUT2D eigenvalue weighted by Gasteiger charge is -2.34. The number of hydrogen-bond donors (Lipinski definition) is 0. The molecule has 0 aliphatic carbocycles. The van der Waals surface area contributed by atoms with E-state index in [0.29, 0.717) is 0 Å². The molecule has 4 nitrogen and oxygen atoms in total. The molecule has 2 aromatic rings. The van der Waals surface area contributed by atoms with Gasteiger partial charge < -0.3 is 0 Å². The van der Waals surface area contributed by atoms with E-state index in [2.05, 4.69) is 23.7 Å². The molecule has 1 fully saturated rings. The molecule has 1 saturated heterocycles. The molecule has 0 spiro atoms. The van der Waals surface area contributed by atoms with Crippen LogP contribution < -0.4 is 5.56 Å². The zero-order valence-corrected chi connectivity index (χ0v) is 13.1. The number of aryl methyl sites for hydroxylation is 1. The normalized spacial score (nSPS) is 24.4. The molecule has 3 rings (SSSR count). The van der Waals surface area contributed by atoms with Crippen LogP contribution in [-0.2, 0) is 6.54 Å². The van der Waals surface area contributed by atoms with Gasteiger partial charge in [0.25, 0.3) is 5.56 Å². The summed E-state index contributed by atoms with van der Waals surface area (Å²) in [5.74, 6) is 1.46. The summed E-state index contributed by atoms with van der Waals surface area (Å²) in [5.41, 5.74) is 1.91. The van der Waals surface area contributed by atoms with E-state index in [1.165, 1.54) is 17.8 Å². The van der Waals surface area contributed by atoms with Crippen LogP contribution >= 0.6 is 11.3 Å². The number of thiazole rings is 1. The van der Waals surface area contributed by atoms with Crippen molar-refractivity contribution >= 4 is 16.3 Å². The summed E-state index contributed by atoms with van der Waals surface area (Å²) in [6.07, 6.45) is 1.30. The van der Waals surface area contributed by atoms with E-state index in [4.69, 9.17) is 0 Å². The van der Waals surface area contributed by atoms with Crippen molar-refractivity contribution in [3.05, 3.63) is 33.2 Å². The van der Waals surface area contributed by atoms with Crippen LogP contribution in [0.1, 0.15) is 31.7 Å². The second-order valence-corrected chi connectivity index (χ2v) is 7.06. The third-order valence-electron chi connectivity index (χ3n) is 3.96. The summed E-state index contributed by atoms with van der Waals surface area (Å²) in [6.45, 7) is 9.55. The van der Waals surface area contributed by atoms with Crippen LogP contribution in [0.5, 0.6) is 0 Å². The summed E-state index contributed by atoms with van der Waals surface area (Å²) in [7, 11) is 0. The van der Waals surface area contributed by atoms with E-state index < -0.39 is 0 Å². The molecule has 0 aromatic carbocycles. The predicted octanol–water partition coefficient (Wildman–Crippen LogP) is 2.54. The minimum atomic E-state index is 0.0434. The summed E-state index contributed by atoms with van der Waals surface area (Å²) in [5, 5.41) is 1.98. The van der Waals surface area contributed by atoms with Crippen molar-refractivity contribution in [1.29, 1.82) is 0 Å². The molecule has 0 radical (unpaired) electrons. The van der Waals surface area contributed by atoms with Crippen molar-refractivity contribution in [1.82, 2.24) is 14.3 Å². The zero-order valence-electron chi connectivity index (χ0n) is 12.3. The quantitative estimate of drug-likeness (QED) is 0.853. The summed E-state index contributed by atoms with van der Waals surface area (Å²) >= 11 is 1.54. The van der Waals surface area contributed by atoms with Gasteiger partial charge in [-0.2, -0.15) is 0 Å². The van der Waals surface area contributed by atoms with Crippen LogP contribution in [-0.4, -0.2) is 27.4 Å². The van der Waals surface area contributed by atoms with Gasteiger partial charge in [0.15, 0.2) is 4.96 Å². The first-order valence-corrected chi connectivity index (χ1v) is 8.10. The number of nitrogens with zero attached hydrogens (tertiary/aromatic N) is 3. The molecule has 1 aliphatic rings. The fourth-order valence-corrected chi connectivity index (χ4v) is 4.22. The topological polar surface area (TPSA) is 37.6 Å². The average molecular weight is 291 g/mol. The van der Waals surface area contributed by atoms with Gasteiger partial charge in [0.1, 0.15) is 0 Å². The van der Waals surface area contributed by atoms with Crippen molar-refractivity contribution in [3.63, 3.8) is 0 Å². The summed E-state index contributed by atoms with van der Waals surface area (Å²) in [6, 6.07) is 1.69. The number of piperidine rings is 1. The minimum absolute atomic E-state index is 0.0434. The Hall–Kier alpha value is -1.20. The molecule has 0 saturated carbocycles. The highest BCUT2D eigenvalue weighted by molar-refractivity contribution is 7.15. The van der Waals surface area contributed by atoms with Crippen LogP contribution in [0.25, 0.3) is 4.96 Å². The Kier molecular flexibility index (Phi) is 3.65. The molecule has 0 N–H and O–H groups in total. The van der Waals surface area contributed by atoms with Gasteiger partial charge in [-0.25, -0.2) is 4.98 Å². The molecule has 1 aliphatic heterocycles. The Balaban J connectivity index is 1.86. The highest BCUT2D eigenvalue weighted by Crippen LogP contribution is 2.22. The first-order valence-electron chi connectivity index (χ1n) is 7.22. The minimum Gasteiger partial charge on any atom is -0.297 e. The lowest BCUT2D eigenvalue weighted by atomic mass is 9.92. The average Bonchev–Trinajstić information content (AvgIpc) is 2.69. The van der Waals surface area contributed by atoms with Gasteiger partial charge >= 0.3 is 0 Å². The van der Waals surface area contributed by atoms with E-state index >= 15 is 0 Å². The van der Waals surface area contributed by atoms with Crippen LogP contribution in [0.15, 0.2) is 16.2 Å². The second kappa shape index (κ2) is 5.30. The maximum atomic E-state index is 12.2. The van der Waals surface area contributed by atoms with E-state index in [-0.39, 0.29) is 5.56 Å². The number of likely N-dealkylation sites (tertiary alicyclic amines) is 1. The highest BCUT2D eigenvalue weighted by atomic mass is 32.1. The molecule has 5 heteroatoms. The molecule has 3 heterocycles. The standard InChI is InChI=1S/C15H21N3OS/c1-10-4-11(2)7-17(6-10)8-13-5-14(19)18-12(3)9-20-15(18)16-13/h5,9-11H,4,6-8H2,1-3H3/t10-,11+. The maximum absolute atomic E-state index is 12.2. The maximum Gasteiger partial charge on any atom is 0.259 e. The van der Waals surface area contributed by atoms with Crippen LogP contribution in [0.2, 0.25) is 0 Å².